The van der Waals surface area contributed by atoms with Crippen LogP contribution in [0.2, 0.25) is 0 Å². The SMILES string of the molecule is COc1c(C)cc(C)cc1C(CCCO)N=[N+]=[N-]. The molecule has 0 spiro atoms. The number of aryl methyl sites for hydroxylation is 2. The maximum absolute atomic E-state index is 8.90. The summed E-state index contributed by atoms with van der Waals surface area (Å²) in [6.07, 6.45) is 1.21. The van der Waals surface area contributed by atoms with Crippen LogP contribution in [0.5, 0.6) is 5.75 Å². The van der Waals surface area contributed by atoms with Gasteiger partial charge in [-0.2, -0.15) is 0 Å². The summed E-state index contributed by atoms with van der Waals surface area (Å²) in [7, 11) is 1.61. The molecule has 5 nitrogen and oxygen atoms in total. The second-order valence-electron chi connectivity index (χ2n) is 4.29. The van der Waals surface area contributed by atoms with E-state index in [9.17, 15) is 0 Å². The molecule has 0 aromatic heterocycles. The summed E-state index contributed by atoms with van der Waals surface area (Å²) in [5.74, 6) is 0.760. The van der Waals surface area contributed by atoms with Gasteiger partial charge in [-0.15, -0.1) is 0 Å². The molecule has 1 unspecified atom stereocenters. The fourth-order valence-corrected chi connectivity index (χ4v) is 2.14. The van der Waals surface area contributed by atoms with Gasteiger partial charge in [-0.05, 0) is 37.8 Å². The lowest BCUT2D eigenvalue weighted by molar-refractivity contribution is 0.279. The molecule has 1 aromatic rings. The quantitative estimate of drug-likeness (QED) is 0.476. The normalized spacial score (nSPS) is 11.8. The predicted octanol–water partition coefficient (Wildman–Crippen LogP) is 3.44. The van der Waals surface area contributed by atoms with E-state index in [4.69, 9.17) is 15.4 Å². The Morgan fingerprint density at radius 1 is 1.44 bits per heavy atom. The van der Waals surface area contributed by atoms with Gasteiger partial charge in [0, 0.05) is 17.1 Å². The maximum Gasteiger partial charge on any atom is 0.125 e. The molecule has 0 heterocycles. The first kappa shape index (κ1) is 14.4. The monoisotopic (exact) mass is 249 g/mol. The average molecular weight is 249 g/mol. The van der Waals surface area contributed by atoms with Crippen molar-refractivity contribution in [2.45, 2.75) is 32.7 Å². The van der Waals surface area contributed by atoms with Gasteiger partial charge in [-0.25, -0.2) is 0 Å². The fourth-order valence-electron chi connectivity index (χ4n) is 2.14. The van der Waals surface area contributed by atoms with E-state index in [0.29, 0.717) is 12.8 Å². The van der Waals surface area contributed by atoms with E-state index in [1.165, 1.54) is 0 Å². The highest BCUT2D eigenvalue weighted by molar-refractivity contribution is 5.45. The third-order valence-electron chi connectivity index (χ3n) is 2.84. The Labute approximate surface area is 107 Å². The molecule has 5 heteroatoms. The van der Waals surface area contributed by atoms with E-state index in [0.717, 1.165) is 22.4 Å². The van der Waals surface area contributed by atoms with Crippen LogP contribution in [0.25, 0.3) is 10.4 Å². The van der Waals surface area contributed by atoms with Gasteiger partial charge in [0.15, 0.2) is 0 Å². The number of nitrogens with zero attached hydrogens (tertiary/aromatic N) is 3. The van der Waals surface area contributed by atoms with Crippen LogP contribution in [0.1, 0.15) is 35.6 Å². The van der Waals surface area contributed by atoms with Gasteiger partial charge in [-0.3, -0.25) is 0 Å². The highest BCUT2D eigenvalue weighted by Gasteiger charge is 2.16. The molecule has 0 aliphatic rings. The molecule has 0 aliphatic heterocycles. The number of rotatable bonds is 6. The number of benzene rings is 1. The lowest BCUT2D eigenvalue weighted by Crippen LogP contribution is -2.02. The van der Waals surface area contributed by atoms with E-state index >= 15 is 0 Å². The smallest absolute Gasteiger partial charge is 0.125 e. The molecule has 1 atom stereocenters. The van der Waals surface area contributed by atoms with Crippen molar-refractivity contribution < 1.29 is 9.84 Å². The van der Waals surface area contributed by atoms with Gasteiger partial charge in [0.25, 0.3) is 0 Å². The predicted molar refractivity (Wildman–Crippen MR) is 70.7 cm³/mol. The van der Waals surface area contributed by atoms with Gasteiger partial charge in [0.1, 0.15) is 5.75 Å². The van der Waals surface area contributed by atoms with Crippen LogP contribution in [0.4, 0.5) is 0 Å². The van der Waals surface area contributed by atoms with Crippen LogP contribution in [0.3, 0.4) is 0 Å². The van der Waals surface area contributed by atoms with Crippen LogP contribution in [0, 0.1) is 13.8 Å². The molecular formula is C13H19N3O2. The molecule has 98 valence electrons. The number of hydrogen-bond donors (Lipinski definition) is 1. The number of ether oxygens (including phenoxy) is 1. The Kier molecular flexibility index (Phi) is 5.49. The van der Waals surface area contributed by atoms with Gasteiger partial charge < -0.3 is 9.84 Å². The first-order valence-corrected chi connectivity index (χ1v) is 5.94. The molecular weight excluding hydrogens is 230 g/mol. The van der Waals surface area contributed by atoms with Gasteiger partial charge in [0.2, 0.25) is 0 Å². The average Bonchev–Trinajstić information content (AvgIpc) is 2.33. The minimum atomic E-state index is -0.296. The third kappa shape index (κ3) is 3.39. The van der Waals surface area contributed by atoms with Crippen LogP contribution in [0.15, 0.2) is 17.2 Å². The van der Waals surface area contributed by atoms with E-state index in [2.05, 4.69) is 10.0 Å². The summed E-state index contributed by atoms with van der Waals surface area (Å²) in [6.45, 7) is 4.05. The van der Waals surface area contributed by atoms with Crippen molar-refractivity contribution >= 4 is 0 Å². The second kappa shape index (κ2) is 6.89. The van der Waals surface area contributed by atoms with Gasteiger partial charge in [-0.1, -0.05) is 22.8 Å². The summed E-state index contributed by atoms with van der Waals surface area (Å²) < 4.78 is 5.39. The number of aliphatic hydroxyl groups excluding tert-OH is 1. The molecule has 0 saturated carbocycles. The maximum atomic E-state index is 8.90. The Balaban J connectivity index is 3.20. The van der Waals surface area contributed by atoms with Crippen molar-refractivity contribution in [1.29, 1.82) is 0 Å². The summed E-state index contributed by atoms with van der Waals surface area (Å²) >= 11 is 0. The fraction of sp³-hybridized carbons (Fsp3) is 0.538. The molecule has 0 fully saturated rings. The molecule has 0 bridgehead atoms. The molecule has 1 N–H and O–H groups in total. The van der Waals surface area contributed by atoms with Crippen molar-refractivity contribution in [2.75, 3.05) is 13.7 Å². The number of hydrogen-bond acceptors (Lipinski definition) is 3. The molecule has 0 amide bonds. The molecule has 1 rings (SSSR count). The highest BCUT2D eigenvalue weighted by atomic mass is 16.5. The Hall–Kier alpha value is -1.71. The van der Waals surface area contributed by atoms with Crippen molar-refractivity contribution in [3.8, 4) is 5.75 Å². The van der Waals surface area contributed by atoms with Crippen LogP contribution in [-0.2, 0) is 0 Å². The number of aliphatic hydroxyl groups is 1. The largest absolute Gasteiger partial charge is 0.496 e. The van der Waals surface area contributed by atoms with E-state index < -0.39 is 0 Å². The van der Waals surface area contributed by atoms with E-state index in [1.807, 2.05) is 26.0 Å². The summed E-state index contributed by atoms with van der Waals surface area (Å²) in [5.41, 5.74) is 11.7. The van der Waals surface area contributed by atoms with E-state index in [1.54, 1.807) is 7.11 Å². The third-order valence-corrected chi connectivity index (χ3v) is 2.84. The summed E-state index contributed by atoms with van der Waals surface area (Å²) in [4.78, 5) is 2.89. The second-order valence-corrected chi connectivity index (χ2v) is 4.29. The minimum Gasteiger partial charge on any atom is -0.496 e. The first-order chi connectivity index (χ1) is 8.63. The zero-order chi connectivity index (χ0) is 13.5. The Morgan fingerprint density at radius 2 is 2.17 bits per heavy atom. The minimum absolute atomic E-state index is 0.0879. The zero-order valence-corrected chi connectivity index (χ0v) is 11.1. The van der Waals surface area contributed by atoms with Crippen molar-refractivity contribution in [2.24, 2.45) is 5.11 Å². The molecule has 0 aliphatic carbocycles. The standard InChI is InChI=1S/C13H19N3O2/c1-9-7-10(2)13(18-3)11(8-9)12(15-16-14)5-4-6-17/h7-8,12,17H,4-6H2,1-3H3. The Morgan fingerprint density at radius 3 is 2.72 bits per heavy atom. The van der Waals surface area contributed by atoms with E-state index in [-0.39, 0.29) is 12.6 Å². The van der Waals surface area contributed by atoms with Crippen molar-refractivity contribution in [3.63, 3.8) is 0 Å². The lowest BCUT2D eigenvalue weighted by Gasteiger charge is -2.17. The van der Waals surface area contributed by atoms with Gasteiger partial charge >= 0.3 is 0 Å². The zero-order valence-electron chi connectivity index (χ0n) is 11.1. The molecule has 1 aromatic carbocycles. The molecule has 0 radical (unpaired) electrons. The summed E-state index contributed by atoms with van der Waals surface area (Å²) in [6, 6.07) is 3.71. The highest BCUT2D eigenvalue weighted by Crippen LogP contribution is 2.34. The van der Waals surface area contributed by atoms with Crippen molar-refractivity contribution in [1.82, 2.24) is 0 Å². The first-order valence-electron chi connectivity index (χ1n) is 5.94. The molecule has 0 saturated heterocycles. The number of methoxy groups -OCH3 is 1. The number of azide groups is 1. The Bertz CT molecular complexity index is 454. The van der Waals surface area contributed by atoms with Crippen LogP contribution < -0.4 is 4.74 Å². The summed E-state index contributed by atoms with van der Waals surface area (Å²) in [5, 5.41) is 12.7. The van der Waals surface area contributed by atoms with Crippen molar-refractivity contribution in [3.05, 3.63) is 39.3 Å². The van der Waals surface area contributed by atoms with Crippen LogP contribution in [-0.4, -0.2) is 18.8 Å². The van der Waals surface area contributed by atoms with Gasteiger partial charge in [0.05, 0.1) is 13.2 Å². The lowest BCUT2D eigenvalue weighted by atomic mass is 9.97. The van der Waals surface area contributed by atoms with Crippen LogP contribution >= 0.6 is 0 Å². The molecule has 18 heavy (non-hydrogen) atoms. The topological polar surface area (TPSA) is 78.2 Å².